The van der Waals surface area contributed by atoms with Gasteiger partial charge in [0.15, 0.2) is 17.1 Å². The molecule has 0 amide bonds. The van der Waals surface area contributed by atoms with Crippen molar-refractivity contribution in [1.82, 2.24) is 9.97 Å². The van der Waals surface area contributed by atoms with E-state index in [-0.39, 0.29) is 0 Å². The van der Waals surface area contributed by atoms with E-state index in [1.807, 2.05) is 6.07 Å². The van der Waals surface area contributed by atoms with Crippen LogP contribution in [0.2, 0.25) is 0 Å². The first-order chi connectivity index (χ1) is 6.65. The van der Waals surface area contributed by atoms with Gasteiger partial charge in [0.25, 0.3) is 0 Å². The van der Waals surface area contributed by atoms with Crippen molar-refractivity contribution in [2.45, 2.75) is 20.3 Å². The molecule has 2 aromatic heterocycles. The van der Waals surface area contributed by atoms with Gasteiger partial charge in [-0.1, -0.05) is 13.8 Å². The molecule has 2 rings (SSSR count). The summed E-state index contributed by atoms with van der Waals surface area (Å²) in [7, 11) is 0. The fourth-order valence-electron chi connectivity index (χ4n) is 1.28. The van der Waals surface area contributed by atoms with E-state index in [0.29, 0.717) is 11.6 Å². The van der Waals surface area contributed by atoms with Gasteiger partial charge in [-0.15, -0.1) is 0 Å². The summed E-state index contributed by atoms with van der Waals surface area (Å²) in [6.45, 7) is 4.27. The Labute approximate surface area is 90.7 Å². The Hall–Kier alpha value is -0.900. The molecular formula is C10H11BrN2O. The third-order valence-electron chi connectivity index (χ3n) is 1.84. The summed E-state index contributed by atoms with van der Waals surface area (Å²) in [5.41, 5.74) is 1.43. The Morgan fingerprint density at radius 2 is 2.29 bits per heavy atom. The predicted molar refractivity (Wildman–Crippen MR) is 58.0 cm³/mol. The van der Waals surface area contributed by atoms with Gasteiger partial charge in [-0.05, 0) is 21.8 Å². The number of fused-ring (bicyclic) bond motifs is 1. The Balaban J connectivity index is 2.41. The lowest BCUT2D eigenvalue weighted by Crippen LogP contribution is -1.93. The highest BCUT2D eigenvalue weighted by Gasteiger charge is 2.08. The Morgan fingerprint density at radius 1 is 1.50 bits per heavy atom. The van der Waals surface area contributed by atoms with Crippen LogP contribution < -0.4 is 0 Å². The van der Waals surface area contributed by atoms with Gasteiger partial charge in [0.05, 0.1) is 0 Å². The van der Waals surface area contributed by atoms with Gasteiger partial charge in [-0.3, -0.25) is 0 Å². The van der Waals surface area contributed by atoms with E-state index >= 15 is 0 Å². The summed E-state index contributed by atoms with van der Waals surface area (Å²) >= 11 is 3.34. The number of aromatic nitrogens is 2. The molecule has 3 nitrogen and oxygen atoms in total. The largest absolute Gasteiger partial charge is 0.439 e. The van der Waals surface area contributed by atoms with Crippen LogP contribution >= 0.6 is 15.9 Å². The third-order valence-corrected chi connectivity index (χ3v) is 2.27. The van der Waals surface area contributed by atoms with Crippen LogP contribution in [0.15, 0.2) is 21.2 Å². The van der Waals surface area contributed by atoms with E-state index in [9.17, 15) is 0 Å². The van der Waals surface area contributed by atoms with Crippen LogP contribution in [0.3, 0.4) is 0 Å². The minimum Gasteiger partial charge on any atom is -0.439 e. The summed E-state index contributed by atoms with van der Waals surface area (Å²) in [5.74, 6) is 1.31. The SMILES string of the molecule is CC(C)Cc1nc2ncc(Br)cc2o1. The molecule has 0 unspecified atom stereocenters. The molecule has 2 heterocycles. The van der Waals surface area contributed by atoms with Crippen molar-refractivity contribution < 1.29 is 4.42 Å². The minimum atomic E-state index is 0.548. The fourth-order valence-corrected chi connectivity index (χ4v) is 1.59. The van der Waals surface area contributed by atoms with E-state index in [4.69, 9.17) is 4.42 Å². The molecule has 0 saturated carbocycles. The summed E-state index contributed by atoms with van der Waals surface area (Å²) in [4.78, 5) is 8.45. The molecule has 0 radical (unpaired) electrons. The number of hydrogen-bond donors (Lipinski definition) is 0. The Bertz CT molecular complexity index is 450. The van der Waals surface area contributed by atoms with Crippen LogP contribution in [-0.4, -0.2) is 9.97 Å². The molecule has 0 atom stereocenters. The van der Waals surface area contributed by atoms with Gasteiger partial charge >= 0.3 is 0 Å². The highest BCUT2D eigenvalue weighted by Crippen LogP contribution is 2.19. The van der Waals surface area contributed by atoms with Crippen LogP contribution in [0.5, 0.6) is 0 Å². The normalized spacial score (nSPS) is 11.4. The van der Waals surface area contributed by atoms with Gasteiger partial charge in [-0.2, -0.15) is 4.98 Å². The number of nitrogens with zero attached hydrogens (tertiary/aromatic N) is 2. The quantitative estimate of drug-likeness (QED) is 0.827. The average molecular weight is 255 g/mol. The number of hydrogen-bond acceptors (Lipinski definition) is 3. The number of halogens is 1. The molecule has 74 valence electrons. The molecule has 0 fully saturated rings. The van der Waals surface area contributed by atoms with Crippen molar-refractivity contribution in [3.05, 3.63) is 22.6 Å². The molecule has 4 heteroatoms. The number of oxazole rings is 1. The van der Waals surface area contributed by atoms with E-state index in [1.165, 1.54) is 0 Å². The van der Waals surface area contributed by atoms with Crippen LogP contribution in [0.4, 0.5) is 0 Å². The highest BCUT2D eigenvalue weighted by atomic mass is 79.9. The summed E-state index contributed by atoms with van der Waals surface area (Å²) in [5, 5.41) is 0. The van der Waals surface area contributed by atoms with E-state index in [2.05, 4.69) is 39.7 Å². The molecular weight excluding hydrogens is 244 g/mol. The highest BCUT2D eigenvalue weighted by molar-refractivity contribution is 9.10. The third kappa shape index (κ3) is 1.95. The Morgan fingerprint density at radius 3 is 3.00 bits per heavy atom. The summed E-state index contributed by atoms with van der Waals surface area (Å²) in [6, 6.07) is 1.89. The zero-order valence-corrected chi connectivity index (χ0v) is 9.71. The van der Waals surface area contributed by atoms with Crippen molar-refractivity contribution in [2.24, 2.45) is 5.92 Å². The summed E-state index contributed by atoms with van der Waals surface area (Å²) < 4.78 is 6.47. The van der Waals surface area contributed by atoms with Crippen molar-refractivity contribution >= 4 is 27.2 Å². The second kappa shape index (κ2) is 3.69. The van der Waals surface area contributed by atoms with Gasteiger partial charge in [0, 0.05) is 23.2 Å². The number of rotatable bonds is 2. The van der Waals surface area contributed by atoms with Gasteiger partial charge in [0.1, 0.15) is 0 Å². The zero-order valence-electron chi connectivity index (χ0n) is 8.12. The van der Waals surface area contributed by atoms with E-state index < -0.39 is 0 Å². The topological polar surface area (TPSA) is 38.9 Å². The molecule has 0 saturated heterocycles. The molecule has 0 aliphatic rings. The Kier molecular flexibility index (Phi) is 2.54. The second-order valence-electron chi connectivity index (χ2n) is 3.68. The standard InChI is InChI=1S/C10H11BrN2O/c1-6(2)3-9-13-10-8(14-9)4-7(11)5-12-10/h4-6H,3H2,1-2H3. The molecule has 14 heavy (non-hydrogen) atoms. The van der Waals surface area contributed by atoms with Crippen molar-refractivity contribution in [1.29, 1.82) is 0 Å². The van der Waals surface area contributed by atoms with Crippen molar-refractivity contribution in [2.75, 3.05) is 0 Å². The summed E-state index contributed by atoms with van der Waals surface area (Å²) in [6.07, 6.45) is 2.58. The molecule has 0 aliphatic heterocycles. The molecule has 0 aromatic carbocycles. The zero-order chi connectivity index (χ0) is 10.1. The van der Waals surface area contributed by atoms with Crippen LogP contribution in [0, 0.1) is 5.92 Å². The molecule has 0 N–H and O–H groups in total. The minimum absolute atomic E-state index is 0.548. The van der Waals surface area contributed by atoms with Gasteiger partial charge in [0.2, 0.25) is 0 Å². The second-order valence-corrected chi connectivity index (χ2v) is 4.60. The maximum Gasteiger partial charge on any atom is 0.198 e. The lowest BCUT2D eigenvalue weighted by molar-refractivity contribution is 0.482. The monoisotopic (exact) mass is 254 g/mol. The van der Waals surface area contributed by atoms with Crippen LogP contribution in [0.1, 0.15) is 19.7 Å². The molecule has 0 bridgehead atoms. The average Bonchev–Trinajstić information content (AvgIpc) is 2.44. The van der Waals surface area contributed by atoms with Gasteiger partial charge < -0.3 is 4.42 Å². The first kappa shape index (κ1) is 9.65. The van der Waals surface area contributed by atoms with Crippen molar-refractivity contribution in [3.63, 3.8) is 0 Å². The number of pyridine rings is 1. The predicted octanol–water partition coefficient (Wildman–Crippen LogP) is 3.18. The van der Waals surface area contributed by atoms with Crippen molar-refractivity contribution in [3.8, 4) is 0 Å². The van der Waals surface area contributed by atoms with E-state index in [1.54, 1.807) is 6.20 Å². The van der Waals surface area contributed by atoms with Crippen LogP contribution in [-0.2, 0) is 6.42 Å². The molecule has 0 aliphatic carbocycles. The van der Waals surface area contributed by atoms with E-state index in [0.717, 1.165) is 22.4 Å². The smallest absolute Gasteiger partial charge is 0.198 e. The first-order valence-corrected chi connectivity index (χ1v) is 5.35. The maximum absolute atomic E-state index is 5.56. The van der Waals surface area contributed by atoms with Gasteiger partial charge in [-0.25, -0.2) is 4.98 Å². The van der Waals surface area contributed by atoms with Crippen LogP contribution in [0.25, 0.3) is 11.2 Å². The molecule has 2 aromatic rings. The lowest BCUT2D eigenvalue weighted by Gasteiger charge is -1.96. The maximum atomic E-state index is 5.56. The molecule has 0 spiro atoms. The fraction of sp³-hybridized carbons (Fsp3) is 0.400. The first-order valence-electron chi connectivity index (χ1n) is 4.56. The lowest BCUT2D eigenvalue weighted by atomic mass is 10.1.